The van der Waals surface area contributed by atoms with Crippen LogP contribution in [0.15, 0.2) is 59.4 Å². The average molecular weight is 303 g/mol. The van der Waals surface area contributed by atoms with Crippen LogP contribution >= 0.6 is 0 Å². The van der Waals surface area contributed by atoms with Crippen molar-refractivity contribution in [1.82, 2.24) is 14.7 Å². The van der Waals surface area contributed by atoms with Gasteiger partial charge in [-0.15, -0.1) is 4.73 Å². The molecule has 0 bridgehead atoms. The molecular formula is C18H13N3O2. The number of hydrogen-bond donors (Lipinski definition) is 1. The van der Waals surface area contributed by atoms with Gasteiger partial charge in [-0.05, 0) is 13.0 Å². The third kappa shape index (κ3) is 1.97. The van der Waals surface area contributed by atoms with Crippen molar-refractivity contribution in [3.63, 3.8) is 0 Å². The van der Waals surface area contributed by atoms with Crippen molar-refractivity contribution < 1.29 is 5.21 Å². The zero-order valence-corrected chi connectivity index (χ0v) is 12.4. The van der Waals surface area contributed by atoms with Crippen LogP contribution in [0.3, 0.4) is 0 Å². The van der Waals surface area contributed by atoms with Gasteiger partial charge in [-0.1, -0.05) is 48.5 Å². The second-order valence-electron chi connectivity index (χ2n) is 5.36. The number of benzene rings is 2. The Morgan fingerprint density at radius 1 is 0.957 bits per heavy atom. The third-order valence-electron chi connectivity index (χ3n) is 3.92. The second-order valence-corrected chi connectivity index (χ2v) is 5.36. The number of fused-ring (bicyclic) bond motifs is 3. The fourth-order valence-electron chi connectivity index (χ4n) is 2.81. The molecule has 4 rings (SSSR count). The van der Waals surface area contributed by atoms with Crippen molar-refractivity contribution in [3.8, 4) is 11.4 Å². The zero-order chi connectivity index (χ0) is 16.0. The molecule has 4 aromatic rings. The molecule has 0 aliphatic rings. The fourth-order valence-corrected chi connectivity index (χ4v) is 2.81. The van der Waals surface area contributed by atoms with Crippen LogP contribution in [0.4, 0.5) is 0 Å². The first-order valence-corrected chi connectivity index (χ1v) is 7.23. The van der Waals surface area contributed by atoms with Gasteiger partial charge in [-0.2, -0.15) is 0 Å². The first kappa shape index (κ1) is 13.5. The van der Waals surface area contributed by atoms with Crippen LogP contribution in [-0.2, 0) is 0 Å². The van der Waals surface area contributed by atoms with Crippen LogP contribution < -0.4 is 5.56 Å². The number of rotatable bonds is 1. The minimum Gasteiger partial charge on any atom is -0.425 e. The average Bonchev–Trinajstić information content (AvgIpc) is 2.60. The molecule has 0 atom stereocenters. The summed E-state index contributed by atoms with van der Waals surface area (Å²) in [6, 6.07) is 16.8. The fraction of sp³-hybridized carbons (Fsp3) is 0.0556. The Bertz CT molecular complexity index is 1100. The summed E-state index contributed by atoms with van der Waals surface area (Å²) in [5.41, 5.74) is 1.92. The van der Waals surface area contributed by atoms with Crippen LogP contribution in [0, 0.1) is 6.92 Å². The van der Waals surface area contributed by atoms with E-state index in [0.29, 0.717) is 38.1 Å². The lowest BCUT2D eigenvalue weighted by Gasteiger charge is -2.10. The summed E-state index contributed by atoms with van der Waals surface area (Å²) in [6.45, 7) is 1.76. The summed E-state index contributed by atoms with van der Waals surface area (Å²) >= 11 is 0. The SMILES string of the molecule is Cc1nc(-c2ccccc2)nc2c1c(=O)n(O)c1ccccc21. The van der Waals surface area contributed by atoms with E-state index < -0.39 is 5.56 Å². The molecule has 0 fully saturated rings. The van der Waals surface area contributed by atoms with E-state index in [0.717, 1.165) is 5.56 Å². The normalized spacial score (nSPS) is 11.2. The highest BCUT2D eigenvalue weighted by Gasteiger charge is 2.15. The van der Waals surface area contributed by atoms with E-state index in [1.807, 2.05) is 42.5 Å². The van der Waals surface area contributed by atoms with Crippen LogP contribution in [0.25, 0.3) is 33.2 Å². The zero-order valence-electron chi connectivity index (χ0n) is 12.4. The van der Waals surface area contributed by atoms with Crippen molar-refractivity contribution in [3.05, 3.63) is 70.6 Å². The first-order chi connectivity index (χ1) is 11.2. The van der Waals surface area contributed by atoms with Crippen molar-refractivity contribution >= 4 is 21.8 Å². The van der Waals surface area contributed by atoms with Crippen LogP contribution in [0.2, 0.25) is 0 Å². The maximum Gasteiger partial charge on any atom is 0.294 e. The third-order valence-corrected chi connectivity index (χ3v) is 3.92. The molecule has 2 aromatic carbocycles. The van der Waals surface area contributed by atoms with Crippen LogP contribution in [0.1, 0.15) is 5.69 Å². The molecule has 0 radical (unpaired) electrons. The van der Waals surface area contributed by atoms with Crippen molar-refractivity contribution in [2.75, 3.05) is 0 Å². The summed E-state index contributed by atoms with van der Waals surface area (Å²) < 4.78 is 0.663. The van der Waals surface area contributed by atoms with E-state index in [-0.39, 0.29) is 0 Å². The number of nitrogens with zero attached hydrogens (tertiary/aromatic N) is 3. The minimum atomic E-state index is -0.504. The van der Waals surface area contributed by atoms with E-state index in [9.17, 15) is 10.0 Å². The first-order valence-electron chi connectivity index (χ1n) is 7.23. The van der Waals surface area contributed by atoms with Crippen LogP contribution in [-0.4, -0.2) is 19.9 Å². The van der Waals surface area contributed by atoms with E-state index in [1.54, 1.807) is 19.1 Å². The highest BCUT2D eigenvalue weighted by Crippen LogP contribution is 2.25. The Morgan fingerprint density at radius 3 is 2.43 bits per heavy atom. The smallest absolute Gasteiger partial charge is 0.294 e. The molecule has 2 aromatic heterocycles. The maximum atomic E-state index is 12.4. The molecule has 2 heterocycles. The highest BCUT2D eigenvalue weighted by molar-refractivity contribution is 6.04. The lowest BCUT2D eigenvalue weighted by Crippen LogP contribution is -2.20. The summed E-state index contributed by atoms with van der Waals surface area (Å²) in [5.74, 6) is 0.566. The molecule has 0 saturated heterocycles. The summed E-state index contributed by atoms with van der Waals surface area (Å²) in [6.07, 6.45) is 0. The van der Waals surface area contributed by atoms with Gasteiger partial charge in [0.1, 0.15) is 0 Å². The molecule has 1 N–H and O–H groups in total. The molecule has 0 aliphatic heterocycles. The Labute approximate surface area is 131 Å². The van der Waals surface area contributed by atoms with Gasteiger partial charge < -0.3 is 5.21 Å². The largest absolute Gasteiger partial charge is 0.425 e. The highest BCUT2D eigenvalue weighted by atomic mass is 16.5. The topological polar surface area (TPSA) is 68.0 Å². The summed E-state index contributed by atoms with van der Waals surface area (Å²) in [5, 5.41) is 11.2. The van der Waals surface area contributed by atoms with E-state index in [2.05, 4.69) is 9.97 Å². The maximum absolute atomic E-state index is 12.4. The quantitative estimate of drug-likeness (QED) is 0.433. The summed E-state index contributed by atoms with van der Waals surface area (Å²) in [4.78, 5) is 21.5. The standard InChI is InChI=1S/C18H13N3O2/c1-11-15-16(20-17(19-11)12-7-3-2-4-8-12)13-9-5-6-10-14(13)21(23)18(15)22/h2-10,23H,1H3. The lowest BCUT2D eigenvalue weighted by molar-refractivity contribution is 0.190. The van der Waals surface area contributed by atoms with E-state index in [1.165, 1.54) is 0 Å². The molecule has 112 valence electrons. The Morgan fingerprint density at radius 2 is 1.65 bits per heavy atom. The number of aromatic nitrogens is 3. The Kier molecular flexibility index (Phi) is 2.87. The molecule has 5 heteroatoms. The van der Waals surface area contributed by atoms with Crippen molar-refractivity contribution in [1.29, 1.82) is 0 Å². The molecule has 0 unspecified atom stereocenters. The van der Waals surface area contributed by atoms with Crippen LogP contribution in [0.5, 0.6) is 0 Å². The Balaban J connectivity index is 2.20. The van der Waals surface area contributed by atoms with E-state index >= 15 is 0 Å². The van der Waals surface area contributed by atoms with Gasteiger partial charge in [-0.3, -0.25) is 4.79 Å². The van der Waals surface area contributed by atoms with Gasteiger partial charge in [0.15, 0.2) is 5.82 Å². The molecule has 23 heavy (non-hydrogen) atoms. The predicted molar refractivity (Wildman–Crippen MR) is 88.7 cm³/mol. The van der Waals surface area contributed by atoms with Gasteiger partial charge in [0.25, 0.3) is 5.56 Å². The number of aryl methyl sites for hydroxylation is 1. The molecule has 0 spiro atoms. The van der Waals surface area contributed by atoms with Gasteiger partial charge in [0.2, 0.25) is 0 Å². The predicted octanol–water partition coefficient (Wildman–Crippen LogP) is 3.16. The number of pyridine rings is 1. The lowest BCUT2D eigenvalue weighted by atomic mass is 10.1. The van der Waals surface area contributed by atoms with Crippen molar-refractivity contribution in [2.45, 2.75) is 6.92 Å². The molecule has 0 amide bonds. The van der Waals surface area contributed by atoms with Gasteiger partial charge in [0, 0.05) is 10.9 Å². The van der Waals surface area contributed by atoms with Gasteiger partial charge >= 0.3 is 0 Å². The summed E-state index contributed by atoms with van der Waals surface area (Å²) in [7, 11) is 0. The van der Waals surface area contributed by atoms with Gasteiger partial charge in [0.05, 0.1) is 22.1 Å². The molecule has 0 saturated carbocycles. The number of para-hydroxylation sites is 1. The van der Waals surface area contributed by atoms with E-state index in [4.69, 9.17) is 0 Å². The van der Waals surface area contributed by atoms with Gasteiger partial charge in [-0.25, -0.2) is 9.97 Å². The monoisotopic (exact) mass is 303 g/mol. The Hall–Kier alpha value is -3.21. The molecule has 5 nitrogen and oxygen atoms in total. The number of hydrogen-bond acceptors (Lipinski definition) is 4. The minimum absolute atomic E-state index is 0.339. The molecule has 0 aliphatic carbocycles. The van der Waals surface area contributed by atoms with Crippen molar-refractivity contribution in [2.24, 2.45) is 0 Å². The molecular weight excluding hydrogens is 290 g/mol. The second kappa shape index (κ2) is 4.91.